The average molecular weight is 893 g/mol. The van der Waals surface area contributed by atoms with Crippen LogP contribution in [0.3, 0.4) is 0 Å². The number of imidazole rings is 1. The molecule has 0 saturated heterocycles. The van der Waals surface area contributed by atoms with Gasteiger partial charge in [0.15, 0.2) is 11.4 Å². The zero-order valence-corrected chi connectivity index (χ0v) is 39.4. The molecule has 4 heterocycles. The Labute approximate surface area is 400 Å². The molecule has 0 amide bonds. The molecule has 7 nitrogen and oxygen atoms in total. The number of hydrogen-bond acceptors (Lipinski definition) is 3. The third kappa shape index (κ3) is 6.65. The van der Waals surface area contributed by atoms with Crippen molar-refractivity contribution in [2.24, 2.45) is 0 Å². The van der Waals surface area contributed by atoms with Crippen LogP contribution < -0.4 is 0 Å². The molecule has 8 aromatic carbocycles. The Morgan fingerprint density at radius 3 is 1.68 bits per heavy atom. The number of rotatable bonds is 8. The number of aromatic nitrogens is 4. The second-order valence-corrected chi connectivity index (χ2v) is 19.2. The van der Waals surface area contributed by atoms with Crippen molar-refractivity contribution in [1.82, 2.24) is 18.7 Å². The highest BCUT2D eigenvalue weighted by Gasteiger charge is 2.24. The predicted molar refractivity (Wildman–Crippen MR) is 284 cm³/mol. The molecule has 12 aromatic rings. The second kappa shape index (κ2) is 16.0. The van der Waals surface area contributed by atoms with Crippen molar-refractivity contribution >= 4 is 71.2 Å². The molecule has 0 bridgehead atoms. The summed E-state index contributed by atoms with van der Waals surface area (Å²) in [6.45, 7) is 21.0. The minimum Gasteiger partial charge on any atom is -0.456 e. The zero-order chi connectivity index (χ0) is 47.2. The molecule has 332 valence electrons. The molecule has 0 fully saturated rings. The molecule has 0 aliphatic rings. The van der Waals surface area contributed by atoms with E-state index in [0.717, 1.165) is 77.9 Å². The number of benzene rings is 8. The smallest absolute Gasteiger partial charge is 0.187 e. The number of fused-ring (bicyclic) bond motifs is 9. The van der Waals surface area contributed by atoms with Crippen LogP contribution in [0.5, 0.6) is 0 Å². The number of hydrogen-bond donors (Lipinski definition) is 0. The summed E-state index contributed by atoms with van der Waals surface area (Å²) in [7, 11) is 0. The number of nitriles is 1. The van der Waals surface area contributed by atoms with Gasteiger partial charge in [0.2, 0.25) is 0 Å². The van der Waals surface area contributed by atoms with Crippen LogP contribution in [0.1, 0.15) is 81.7 Å². The summed E-state index contributed by atoms with van der Waals surface area (Å²) in [5, 5.41) is 17.1. The normalized spacial score (nSPS) is 12.0. The van der Waals surface area contributed by atoms with Gasteiger partial charge in [-0.1, -0.05) is 108 Å². The predicted octanol–water partition coefficient (Wildman–Crippen LogP) is 17.1. The van der Waals surface area contributed by atoms with Crippen molar-refractivity contribution in [2.75, 3.05) is 0 Å². The first-order chi connectivity index (χ1) is 33.6. The van der Waals surface area contributed by atoms with Gasteiger partial charge in [-0.15, -0.1) is 0 Å². The van der Waals surface area contributed by atoms with E-state index in [9.17, 15) is 5.26 Å². The molecule has 12 rings (SSSR count). The number of furan rings is 1. The van der Waals surface area contributed by atoms with Crippen molar-refractivity contribution in [2.45, 2.75) is 59.3 Å². The van der Waals surface area contributed by atoms with Crippen LogP contribution in [0.15, 0.2) is 168 Å². The minimum absolute atomic E-state index is 0.156. The molecular weight excluding hydrogens is 845 g/mol. The van der Waals surface area contributed by atoms with Gasteiger partial charge in [-0.2, -0.15) is 5.26 Å². The Kier molecular flexibility index (Phi) is 9.69. The molecule has 0 aliphatic carbocycles. The molecule has 4 aromatic heterocycles. The van der Waals surface area contributed by atoms with Gasteiger partial charge in [0.25, 0.3) is 0 Å². The maximum Gasteiger partial charge on any atom is 0.187 e. The average Bonchev–Trinajstić information content (AvgIpc) is 4.14. The number of para-hydroxylation sites is 2. The maximum absolute atomic E-state index is 10.1. The second-order valence-electron chi connectivity index (χ2n) is 19.2. The third-order valence-corrected chi connectivity index (χ3v) is 14.0. The van der Waals surface area contributed by atoms with Crippen LogP contribution in [-0.2, 0) is 0 Å². The van der Waals surface area contributed by atoms with Crippen LogP contribution in [-0.4, -0.2) is 18.7 Å². The summed E-state index contributed by atoms with van der Waals surface area (Å²) in [6, 6.07) is 58.7. The summed E-state index contributed by atoms with van der Waals surface area (Å²) in [6.07, 6.45) is 1.84. The molecule has 0 radical (unpaired) electrons. The van der Waals surface area contributed by atoms with Crippen LogP contribution in [0.2, 0.25) is 0 Å². The molecule has 0 spiro atoms. The fourth-order valence-electron chi connectivity index (χ4n) is 10.6. The largest absolute Gasteiger partial charge is 0.456 e. The third-order valence-electron chi connectivity index (χ3n) is 14.0. The van der Waals surface area contributed by atoms with Crippen molar-refractivity contribution in [3.63, 3.8) is 0 Å². The molecule has 0 saturated carbocycles. The molecule has 0 N–H and O–H groups in total. The van der Waals surface area contributed by atoms with Crippen LogP contribution >= 0.6 is 0 Å². The van der Waals surface area contributed by atoms with Gasteiger partial charge in [0.05, 0.1) is 34.3 Å². The highest BCUT2D eigenvalue weighted by atomic mass is 16.3. The Bertz CT molecular complexity index is 4130. The van der Waals surface area contributed by atoms with E-state index in [-0.39, 0.29) is 11.8 Å². The SMILES string of the molecule is [C-]#[N+]c1cccc(-c2nc(C#N)cn2-c2c(C(C)C)cc(-c3ccc4c(c3)c3ccccc3n4-c3ccc4oc5ccc(-n6c7ccccc7c7cc(C(C)C)ccc76)cc5c4c3)cc2C(C)C)c1. The summed E-state index contributed by atoms with van der Waals surface area (Å²) in [4.78, 5) is 8.46. The summed E-state index contributed by atoms with van der Waals surface area (Å²) < 4.78 is 13.4. The van der Waals surface area contributed by atoms with Gasteiger partial charge in [0, 0.05) is 55.5 Å². The summed E-state index contributed by atoms with van der Waals surface area (Å²) in [5.74, 6) is 1.40. The molecular formula is C62H48N6O. The van der Waals surface area contributed by atoms with E-state index < -0.39 is 0 Å². The molecule has 0 aliphatic heterocycles. The van der Waals surface area contributed by atoms with E-state index in [1.165, 1.54) is 38.1 Å². The highest BCUT2D eigenvalue weighted by Crippen LogP contribution is 2.42. The quantitative estimate of drug-likeness (QED) is 0.143. The van der Waals surface area contributed by atoms with Crippen molar-refractivity contribution < 1.29 is 4.42 Å². The number of nitrogens with zero attached hydrogens (tertiary/aromatic N) is 6. The van der Waals surface area contributed by atoms with Gasteiger partial charge in [-0.05, 0) is 137 Å². The van der Waals surface area contributed by atoms with E-state index in [1.54, 1.807) is 6.07 Å². The van der Waals surface area contributed by atoms with Gasteiger partial charge in [0.1, 0.15) is 23.1 Å². The Morgan fingerprint density at radius 1 is 0.522 bits per heavy atom. The van der Waals surface area contributed by atoms with Crippen molar-refractivity contribution in [1.29, 1.82) is 5.26 Å². The lowest BCUT2D eigenvalue weighted by Crippen LogP contribution is -2.08. The van der Waals surface area contributed by atoms with Crippen molar-refractivity contribution in [3.05, 3.63) is 198 Å². The maximum atomic E-state index is 10.1. The Morgan fingerprint density at radius 2 is 1.10 bits per heavy atom. The van der Waals surface area contributed by atoms with Crippen LogP contribution in [0.4, 0.5) is 5.69 Å². The van der Waals surface area contributed by atoms with Crippen molar-refractivity contribution in [3.8, 4) is 45.6 Å². The molecule has 0 atom stereocenters. The first-order valence-corrected chi connectivity index (χ1v) is 23.8. The standard InChI is InChI=1S/C62H48N6O/c1-36(2)39-19-23-57-51(28-39)47-15-8-10-17-55(47)67(57)45-21-25-59-53(32-45)54-33-46(22-26-60(54)69-59)68-56-18-11-9-16-48(56)52-29-40(20-24-58(52)68)42-30-49(37(3)4)61(50(31-42)38(5)6)66-35-44(34-63)65-62(66)41-13-12-14-43(27-41)64-7/h8-33,35-38H,1-6H3. The fourth-order valence-corrected chi connectivity index (χ4v) is 10.6. The van der Waals surface area contributed by atoms with Gasteiger partial charge < -0.3 is 13.6 Å². The minimum atomic E-state index is 0.156. The Balaban J connectivity index is 0.998. The summed E-state index contributed by atoms with van der Waals surface area (Å²) >= 11 is 0. The monoisotopic (exact) mass is 892 g/mol. The van der Waals surface area contributed by atoms with E-state index in [0.29, 0.717) is 23.1 Å². The molecule has 69 heavy (non-hydrogen) atoms. The first kappa shape index (κ1) is 41.8. The first-order valence-electron chi connectivity index (χ1n) is 23.8. The zero-order valence-electron chi connectivity index (χ0n) is 39.4. The van der Waals surface area contributed by atoms with E-state index >= 15 is 0 Å². The van der Waals surface area contributed by atoms with E-state index in [2.05, 4.69) is 200 Å². The fraction of sp³-hybridized carbons (Fsp3) is 0.145. The lowest BCUT2D eigenvalue weighted by Gasteiger charge is -2.24. The van der Waals surface area contributed by atoms with Gasteiger partial charge in [-0.3, -0.25) is 4.57 Å². The lowest BCUT2D eigenvalue weighted by atomic mass is 9.88. The molecule has 0 unspecified atom stereocenters. The Hall–Kier alpha value is -8.65. The van der Waals surface area contributed by atoms with Gasteiger partial charge >= 0.3 is 0 Å². The highest BCUT2D eigenvalue weighted by molar-refractivity contribution is 6.13. The van der Waals surface area contributed by atoms with Crippen LogP contribution in [0, 0.1) is 17.9 Å². The lowest BCUT2D eigenvalue weighted by molar-refractivity contribution is 0.669. The van der Waals surface area contributed by atoms with Gasteiger partial charge in [-0.25, -0.2) is 9.83 Å². The van der Waals surface area contributed by atoms with Crippen LogP contribution in [0.25, 0.3) is 110 Å². The summed E-state index contributed by atoms with van der Waals surface area (Å²) in [5.41, 5.74) is 17.1. The van der Waals surface area contributed by atoms with E-state index in [4.69, 9.17) is 16.0 Å². The van der Waals surface area contributed by atoms with E-state index in [1.807, 2.05) is 24.4 Å². The molecule has 7 heteroatoms. The topological polar surface area (TPSA) is 69.0 Å².